The third-order valence-corrected chi connectivity index (χ3v) is 5.84. The summed E-state index contributed by atoms with van der Waals surface area (Å²) in [5.41, 5.74) is 11.8. The molecule has 1 amide bonds. The van der Waals surface area contributed by atoms with Gasteiger partial charge in [0.25, 0.3) is 5.91 Å². The number of carbonyl (C=O) groups is 1. The zero-order chi connectivity index (χ0) is 21.3. The SMILES string of the molecule is Cc1cc(N)c(NC(=O)c2ccc(C(C)(C)C)cc2)cc1N1C[C@@H](C)C[C@H](C)C1. The van der Waals surface area contributed by atoms with Gasteiger partial charge >= 0.3 is 0 Å². The molecule has 29 heavy (non-hydrogen) atoms. The number of anilines is 3. The van der Waals surface area contributed by atoms with Crippen LogP contribution in [0.15, 0.2) is 36.4 Å². The molecule has 1 aliphatic heterocycles. The Morgan fingerprint density at radius 2 is 1.66 bits per heavy atom. The molecule has 4 heteroatoms. The van der Waals surface area contributed by atoms with Crippen LogP contribution in [0.1, 0.15) is 62.5 Å². The maximum absolute atomic E-state index is 12.8. The van der Waals surface area contributed by atoms with Gasteiger partial charge in [0.2, 0.25) is 0 Å². The van der Waals surface area contributed by atoms with Crippen LogP contribution in [0, 0.1) is 18.8 Å². The first-order valence-corrected chi connectivity index (χ1v) is 10.6. The second-order valence-electron chi connectivity index (χ2n) is 9.86. The van der Waals surface area contributed by atoms with Crippen molar-refractivity contribution in [2.75, 3.05) is 29.0 Å². The van der Waals surface area contributed by atoms with Crippen molar-refractivity contribution in [1.82, 2.24) is 0 Å². The maximum atomic E-state index is 12.8. The molecule has 4 nitrogen and oxygen atoms in total. The predicted octanol–water partition coefficient (Wildman–Crippen LogP) is 5.61. The number of benzene rings is 2. The van der Waals surface area contributed by atoms with Gasteiger partial charge in [0.1, 0.15) is 0 Å². The van der Waals surface area contributed by atoms with E-state index in [2.05, 4.69) is 51.8 Å². The van der Waals surface area contributed by atoms with Crippen LogP contribution in [0.3, 0.4) is 0 Å². The van der Waals surface area contributed by atoms with Crippen molar-refractivity contribution in [3.8, 4) is 0 Å². The zero-order valence-corrected chi connectivity index (χ0v) is 18.7. The molecule has 0 radical (unpaired) electrons. The van der Waals surface area contributed by atoms with E-state index in [-0.39, 0.29) is 11.3 Å². The Kier molecular flexibility index (Phi) is 5.92. The minimum Gasteiger partial charge on any atom is -0.397 e. The largest absolute Gasteiger partial charge is 0.397 e. The standard InChI is InChI=1S/C25H35N3O/c1-16-11-17(2)15-28(14-16)23-13-22(21(26)12-18(23)3)27-24(29)19-7-9-20(10-8-19)25(4,5)6/h7-10,12-13,16-17H,11,14-15,26H2,1-6H3,(H,27,29)/t16-,17-/m0/s1. The van der Waals surface area contributed by atoms with E-state index in [4.69, 9.17) is 5.73 Å². The van der Waals surface area contributed by atoms with Crippen LogP contribution in [0.4, 0.5) is 17.1 Å². The van der Waals surface area contributed by atoms with Gasteiger partial charge in [0.05, 0.1) is 11.4 Å². The van der Waals surface area contributed by atoms with Crippen LogP contribution >= 0.6 is 0 Å². The molecule has 3 rings (SSSR count). The van der Waals surface area contributed by atoms with Gasteiger partial charge in [-0.3, -0.25) is 4.79 Å². The smallest absolute Gasteiger partial charge is 0.255 e. The lowest BCUT2D eigenvalue weighted by molar-refractivity contribution is 0.102. The molecule has 1 heterocycles. The number of hydrogen-bond donors (Lipinski definition) is 2. The summed E-state index contributed by atoms with van der Waals surface area (Å²) in [5, 5.41) is 3.02. The molecule has 0 spiro atoms. The minimum atomic E-state index is -0.132. The summed E-state index contributed by atoms with van der Waals surface area (Å²) in [6.45, 7) is 15.3. The average molecular weight is 394 g/mol. The Balaban J connectivity index is 1.82. The molecule has 2 aromatic carbocycles. The van der Waals surface area contributed by atoms with Gasteiger partial charge in [0.15, 0.2) is 0 Å². The molecule has 2 atom stereocenters. The molecule has 0 saturated carbocycles. The number of hydrogen-bond acceptors (Lipinski definition) is 3. The van der Waals surface area contributed by atoms with Crippen molar-refractivity contribution in [2.24, 2.45) is 11.8 Å². The van der Waals surface area contributed by atoms with Crippen molar-refractivity contribution in [3.05, 3.63) is 53.1 Å². The highest BCUT2D eigenvalue weighted by molar-refractivity contribution is 6.06. The fourth-order valence-corrected chi connectivity index (χ4v) is 4.34. The number of nitrogens with one attached hydrogen (secondary N) is 1. The fraction of sp³-hybridized carbons (Fsp3) is 0.480. The van der Waals surface area contributed by atoms with Crippen molar-refractivity contribution < 1.29 is 4.79 Å². The van der Waals surface area contributed by atoms with Crippen LogP contribution in [0.25, 0.3) is 0 Å². The summed E-state index contributed by atoms with van der Waals surface area (Å²) in [7, 11) is 0. The molecule has 1 saturated heterocycles. The van der Waals surface area contributed by atoms with Crippen molar-refractivity contribution in [3.63, 3.8) is 0 Å². The highest BCUT2D eigenvalue weighted by Gasteiger charge is 2.24. The average Bonchev–Trinajstić information content (AvgIpc) is 2.62. The van der Waals surface area contributed by atoms with E-state index in [1.807, 2.05) is 36.4 Å². The number of amides is 1. The molecule has 0 aliphatic carbocycles. The first-order chi connectivity index (χ1) is 13.5. The van der Waals surface area contributed by atoms with Crippen LogP contribution in [-0.2, 0) is 5.41 Å². The minimum absolute atomic E-state index is 0.0635. The van der Waals surface area contributed by atoms with E-state index in [1.165, 1.54) is 12.0 Å². The van der Waals surface area contributed by atoms with Gasteiger partial charge in [-0.05, 0) is 66.0 Å². The second kappa shape index (κ2) is 8.10. The van der Waals surface area contributed by atoms with Gasteiger partial charge in [-0.15, -0.1) is 0 Å². The summed E-state index contributed by atoms with van der Waals surface area (Å²) >= 11 is 0. The molecular formula is C25H35N3O. The zero-order valence-electron chi connectivity index (χ0n) is 18.7. The Morgan fingerprint density at radius 1 is 1.07 bits per heavy atom. The molecular weight excluding hydrogens is 358 g/mol. The van der Waals surface area contributed by atoms with E-state index in [0.29, 0.717) is 28.8 Å². The highest BCUT2D eigenvalue weighted by atomic mass is 16.1. The second-order valence-corrected chi connectivity index (χ2v) is 9.86. The molecule has 156 valence electrons. The summed E-state index contributed by atoms with van der Waals surface area (Å²) in [5.74, 6) is 1.19. The van der Waals surface area contributed by atoms with Gasteiger partial charge in [0, 0.05) is 24.3 Å². The monoisotopic (exact) mass is 393 g/mol. The molecule has 0 aromatic heterocycles. The first-order valence-electron chi connectivity index (χ1n) is 10.6. The molecule has 0 bridgehead atoms. The third-order valence-electron chi connectivity index (χ3n) is 5.84. The predicted molar refractivity (Wildman–Crippen MR) is 124 cm³/mol. The lowest BCUT2D eigenvalue weighted by Crippen LogP contribution is -2.39. The number of aryl methyl sites for hydroxylation is 1. The number of nitrogen functional groups attached to an aromatic ring is 1. The Labute approximate surface area is 175 Å². The van der Waals surface area contributed by atoms with Gasteiger partial charge in [-0.25, -0.2) is 0 Å². The van der Waals surface area contributed by atoms with E-state index >= 15 is 0 Å². The number of nitrogens with zero attached hydrogens (tertiary/aromatic N) is 1. The Hall–Kier alpha value is -2.49. The van der Waals surface area contributed by atoms with Gasteiger partial charge < -0.3 is 16.0 Å². The third kappa shape index (κ3) is 4.92. The van der Waals surface area contributed by atoms with Gasteiger partial charge in [-0.1, -0.05) is 46.8 Å². The van der Waals surface area contributed by atoms with Crippen LogP contribution in [0.2, 0.25) is 0 Å². The summed E-state index contributed by atoms with van der Waals surface area (Å²) in [6.07, 6.45) is 1.26. The van der Waals surface area contributed by atoms with E-state index in [1.54, 1.807) is 0 Å². The molecule has 2 aromatic rings. The fourth-order valence-electron chi connectivity index (χ4n) is 4.34. The summed E-state index contributed by atoms with van der Waals surface area (Å²) < 4.78 is 0. The van der Waals surface area contributed by atoms with E-state index in [0.717, 1.165) is 24.3 Å². The number of rotatable bonds is 3. The van der Waals surface area contributed by atoms with Crippen molar-refractivity contribution in [2.45, 2.75) is 53.4 Å². The first kappa shape index (κ1) is 21.2. The van der Waals surface area contributed by atoms with E-state index in [9.17, 15) is 4.79 Å². The van der Waals surface area contributed by atoms with Gasteiger partial charge in [-0.2, -0.15) is 0 Å². The number of piperidine rings is 1. The normalized spacial score (nSPS) is 19.9. The Bertz CT molecular complexity index is 870. The maximum Gasteiger partial charge on any atom is 0.255 e. The number of nitrogens with two attached hydrogens (primary N) is 1. The lowest BCUT2D eigenvalue weighted by atomic mass is 9.87. The van der Waals surface area contributed by atoms with Crippen LogP contribution in [-0.4, -0.2) is 19.0 Å². The van der Waals surface area contributed by atoms with Crippen LogP contribution in [0.5, 0.6) is 0 Å². The molecule has 1 aliphatic rings. The van der Waals surface area contributed by atoms with E-state index < -0.39 is 0 Å². The topological polar surface area (TPSA) is 58.4 Å². The summed E-state index contributed by atoms with van der Waals surface area (Å²) in [6, 6.07) is 11.8. The molecule has 3 N–H and O–H groups in total. The highest BCUT2D eigenvalue weighted by Crippen LogP contribution is 2.34. The lowest BCUT2D eigenvalue weighted by Gasteiger charge is -2.37. The summed E-state index contributed by atoms with van der Waals surface area (Å²) in [4.78, 5) is 15.3. The molecule has 0 unspecified atom stereocenters. The quantitative estimate of drug-likeness (QED) is 0.666. The van der Waals surface area contributed by atoms with Crippen LogP contribution < -0.4 is 16.0 Å². The number of carbonyl (C=O) groups excluding carboxylic acids is 1. The Morgan fingerprint density at radius 3 is 2.21 bits per heavy atom. The molecule has 1 fully saturated rings. The van der Waals surface area contributed by atoms with Crippen molar-refractivity contribution in [1.29, 1.82) is 0 Å². The van der Waals surface area contributed by atoms with Crippen molar-refractivity contribution >= 4 is 23.0 Å².